The molecule has 0 aliphatic rings. The van der Waals surface area contributed by atoms with E-state index in [-0.39, 0.29) is 6.01 Å². The van der Waals surface area contributed by atoms with E-state index in [9.17, 15) is 9.90 Å². The van der Waals surface area contributed by atoms with E-state index in [1.54, 1.807) is 12.4 Å². The average molecular weight is 401 g/mol. The number of rotatable bonds is 14. The van der Waals surface area contributed by atoms with Gasteiger partial charge in [-0.15, -0.1) is 0 Å². The number of anilines is 1. The minimum Gasteiger partial charge on any atom is -0.481 e. The molecule has 2 aromatic heterocycles. The summed E-state index contributed by atoms with van der Waals surface area (Å²) in [6, 6.07) is 6.38. The van der Waals surface area contributed by atoms with Crippen molar-refractivity contribution in [2.45, 2.75) is 64.7 Å². The first-order chi connectivity index (χ1) is 14.1. The van der Waals surface area contributed by atoms with E-state index in [1.165, 1.54) is 0 Å². The van der Waals surface area contributed by atoms with Gasteiger partial charge in [-0.3, -0.25) is 4.79 Å². The van der Waals surface area contributed by atoms with Gasteiger partial charge in [-0.2, -0.15) is 0 Å². The number of pyridine rings is 1. The number of aliphatic carboxylic acids is 1. The highest BCUT2D eigenvalue weighted by atomic mass is 16.5. The molecule has 29 heavy (non-hydrogen) atoms. The van der Waals surface area contributed by atoms with Gasteiger partial charge in [0.2, 0.25) is 0 Å². The van der Waals surface area contributed by atoms with E-state index in [1.807, 2.05) is 19.1 Å². The van der Waals surface area contributed by atoms with Gasteiger partial charge in [0.1, 0.15) is 5.82 Å². The van der Waals surface area contributed by atoms with Gasteiger partial charge in [0.05, 0.1) is 12.5 Å². The van der Waals surface area contributed by atoms with E-state index >= 15 is 0 Å². The van der Waals surface area contributed by atoms with Crippen LogP contribution in [0.15, 0.2) is 30.6 Å². The van der Waals surface area contributed by atoms with Crippen LogP contribution in [0.25, 0.3) is 0 Å². The van der Waals surface area contributed by atoms with Crippen molar-refractivity contribution in [1.29, 1.82) is 0 Å². The number of aromatic nitrogens is 3. The second kappa shape index (κ2) is 12.7. The monoisotopic (exact) mass is 400 g/mol. The van der Waals surface area contributed by atoms with Crippen LogP contribution in [0.4, 0.5) is 5.82 Å². The Balaban J connectivity index is 1.67. The fourth-order valence-electron chi connectivity index (χ4n) is 3.23. The highest BCUT2D eigenvalue weighted by Gasteiger charge is 2.20. The lowest BCUT2D eigenvalue weighted by atomic mass is 9.95. The summed E-state index contributed by atoms with van der Waals surface area (Å²) in [7, 11) is 0. The Labute approximate surface area is 173 Å². The maximum atomic E-state index is 11.6. The predicted molar refractivity (Wildman–Crippen MR) is 113 cm³/mol. The molecule has 1 atom stereocenters. The number of nitrogens with one attached hydrogen (secondary N) is 1. The number of carboxylic acids is 1. The van der Waals surface area contributed by atoms with E-state index in [0.29, 0.717) is 18.6 Å². The van der Waals surface area contributed by atoms with Crippen LogP contribution in [-0.2, 0) is 11.2 Å². The van der Waals surface area contributed by atoms with Crippen molar-refractivity contribution in [2.75, 3.05) is 18.5 Å². The average Bonchev–Trinajstić information content (AvgIpc) is 2.71. The molecule has 0 fully saturated rings. The maximum absolute atomic E-state index is 11.6. The zero-order valence-corrected chi connectivity index (χ0v) is 17.4. The molecule has 0 aliphatic heterocycles. The molecule has 7 nitrogen and oxygen atoms in total. The number of aryl methyl sites for hydroxylation is 1. The van der Waals surface area contributed by atoms with E-state index in [0.717, 1.165) is 56.6 Å². The minimum absolute atomic E-state index is 0.283. The summed E-state index contributed by atoms with van der Waals surface area (Å²) >= 11 is 0. The summed E-state index contributed by atoms with van der Waals surface area (Å²) < 4.78 is 5.21. The van der Waals surface area contributed by atoms with Crippen LogP contribution >= 0.6 is 0 Å². The van der Waals surface area contributed by atoms with Crippen LogP contribution in [0.3, 0.4) is 0 Å². The van der Waals surface area contributed by atoms with E-state index < -0.39 is 11.9 Å². The van der Waals surface area contributed by atoms with Crippen molar-refractivity contribution in [1.82, 2.24) is 15.0 Å². The number of hydrogen-bond acceptors (Lipinski definition) is 6. The standard InChI is InChI=1S/C22H32N4O3/c1-3-23-20-14-10-12-18(26-20)11-8-6-5-7-9-13-19(21(27)28)17-15-24-22(25-16-17)29-4-2/h10,12,14-16,19H,3-9,11,13H2,1-2H3,(H,23,26)(H,27,28)/t19-/m0/s1. The van der Waals surface area contributed by atoms with Crippen LogP contribution < -0.4 is 10.1 Å². The lowest BCUT2D eigenvalue weighted by Crippen LogP contribution is -2.12. The van der Waals surface area contributed by atoms with Crippen LogP contribution in [-0.4, -0.2) is 39.2 Å². The molecule has 0 aliphatic carbocycles. The lowest BCUT2D eigenvalue weighted by Gasteiger charge is -2.12. The van der Waals surface area contributed by atoms with Crippen molar-refractivity contribution >= 4 is 11.8 Å². The fourth-order valence-corrected chi connectivity index (χ4v) is 3.23. The topological polar surface area (TPSA) is 97.2 Å². The second-order valence-corrected chi connectivity index (χ2v) is 6.97. The van der Waals surface area contributed by atoms with Gasteiger partial charge in [0, 0.05) is 30.2 Å². The molecule has 0 aromatic carbocycles. The Bertz CT molecular complexity index is 737. The van der Waals surface area contributed by atoms with Crippen LogP contribution in [0.5, 0.6) is 6.01 Å². The molecule has 7 heteroatoms. The highest BCUT2D eigenvalue weighted by Crippen LogP contribution is 2.23. The molecule has 2 heterocycles. The Morgan fingerprint density at radius 1 is 1.10 bits per heavy atom. The zero-order chi connectivity index (χ0) is 20.9. The van der Waals surface area contributed by atoms with Crippen molar-refractivity contribution in [3.8, 4) is 6.01 Å². The van der Waals surface area contributed by atoms with Crippen molar-refractivity contribution in [3.05, 3.63) is 41.9 Å². The van der Waals surface area contributed by atoms with Crippen LogP contribution in [0.1, 0.15) is 69.5 Å². The molecule has 0 saturated carbocycles. The SMILES string of the molecule is CCNc1cccc(CCCCCCC[C@H](C(=O)O)c2cnc(OCC)nc2)n1. The largest absolute Gasteiger partial charge is 0.481 e. The van der Waals surface area contributed by atoms with Crippen LogP contribution in [0.2, 0.25) is 0 Å². The highest BCUT2D eigenvalue weighted by molar-refractivity contribution is 5.75. The van der Waals surface area contributed by atoms with Gasteiger partial charge in [-0.05, 0) is 45.2 Å². The molecule has 0 unspecified atom stereocenters. The first kappa shape index (κ1) is 22.6. The van der Waals surface area contributed by atoms with Crippen molar-refractivity contribution in [3.63, 3.8) is 0 Å². The summed E-state index contributed by atoms with van der Waals surface area (Å²) in [5.74, 6) is -0.462. The Hall–Kier alpha value is -2.70. The predicted octanol–water partition coefficient (Wildman–Crippen LogP) is 4.45. The molecule has 2 aromatic rings. The van der Waals surface area contributed by atoms with E-state index in [2.05, 4.69) is 33.3 Å². The summed E-state index contributed by atoms with van der Waals surface area (Å²) in [4.78, 5) is 24.4. The Morgan fingerprint density at radius 2 is 1.83 bits per heavy atom. The number of carboxylic acid groups (broad SMARTS) is 1. The first-order valence-electron chi connectivity index (χ1n) is 10.5. The molecule has 0 radical (unpaired) electrons. The number of carbonyl (C=O) groups is 1. The van der Waals surface area contributed by atoms with Crippen LogP contribution in [0, 0.1) is 0 Å². The van der Waals surface area contributed by atoms with Gasteiger partial charge in [0.25, 0.3) is 0 Å². The molecule has 2 rings (SSSR count). The maximum Gasteiger partial charge on any atom is 0.316 e. The third kappa shape index (κ3) is 8.05. The molecule has 0 saturated heterocycles. The normalized spacial score (nSPS) is 11.8. The van der Waals surface area contributed by atoms with Gasteiger partial charge < -0.3 is 15.2 Å². The Kier molecular flexibility index (Phi) is 9.89. The van der Waals surface area contributed by atoms with Crippen molar-refractivity contribution in [2.24, 2.45) is 0 Å². The smallest absolute Gasteiger partial charge is 0.316 e. The van der Waals surface area contributed by atoms with Gasteiger partial charge in [-0.25, -0.2) is 15.0 Å². The van der Waals surface area contributed by atoms with Gasteiger partial charge >= 0.3 is 12.0 Å². The molecule has 0 amide bonds. The summed E-state index contributed by atoms with van der Waals surface area (Å²) in [6.45, 7) is 5.27. The quantitative estimate of drug-likeness (QED) is 0.452. The summed E-state index contributed by atoms with van der Waals surface area (Å²) in [5, 5.41) is 12.8. The third-order valence-electron chi connectivity index (χ3n) is 4.71. The first-order valence-corrected chi connectivity index (χ1v) is 10.5. The van der Waals surface area contributed by atoms with Crippen molar-refractivity contribution < 1.29 is 14.6 Å². The number of nitrogens with zero attached hydrogens (tertiary/aromatic N) is 3. The fraction of sp³-hybridized carbons (Fsp3) is 0.545. The molecular weight excluding hydrogens is 368 g/mol. The molecule has 2 N–H and O–H groups in total. The zero-order valence-electron chi connectivity index (χ0n) is 17.4. The Morgan fingerprint density at radius 3 is 2.52 bits per heavy atom. The summed E-state index contributed by atoms with van der Waals surface area (Å²) in [5.41, 5.74) is 1.75. The summed E-state index contributed by atoms with van der Waals surface area (Å²) in [6.07, 6.45) is 9.90. The van der Waals surface area contributed by atoms with Gasteiger partial charge in [0.15, 0.2) is 0 Å². The lowest BCUT2D eigenvalue weighted by molar-refractivity contribution is -0.139. The van der Waals surface area contributed by atoms with E-state index in [4.69, 9.17) is 4.74 Å². The second-order valence-electron chi connectivity index (χ2n) is 6.97. The molecule has 158 valence electrons. The minimum atomic E-state index is -0.829. The number of hydrogen-bond donors (Lipinski definition) is 2. The molecule has 0 bridgehead atoms. The number of unbranched alkanes of at least 4 members (excludes halogenated alkanes) is 4. The van der Waals surface area contributed by atoms with Gasteiger partial charge in [-0.1, -0.05) is 31.7 Å². The third-order valence-corrected chi connectivity index (χ3v) is 4.71. The number of ether oxygens (including phenoxy) is 1. The molecular formula is C22H32N4O3. The molecule has 0 spiro atoms.